The maximum absolute atomic E-state index is 12.6. The summed E-state index contributed by atoms with van der Waals surface area (Å²) < 4.78 is 5.85. The number of halogens is 1. The Bertz CT molecular complexity index is 818. The zero-order valence-electron chi connectivity index (χ0n) is 15.1. The molecule has 0 unspecified atom stereocenters. The van der Waals surface area contributed by atoms with E-state index in [0.717, 1.165) is 12.8 Å². The number of carboxylic acid groups (broad SMARTS) is 1. The summed E-state index contributed by atoms with van der Waals surface area (Å²) in [5.74, 6) is -2.04. The van der Waals surface area contributed by atoms with Crippen molar-refractivity contribution in [3.05, 3.63) is 40.6 Å². The first-order valence-corrected chi connectivity index (χ1v) is 9.35. The minimum atomic E-state index is -1.23. The predicted octanol–water partition coefficient (Wildman–Crippen LogP) is 1.74. The highest BCUT2D eigenvalue weighted by Gasteiger charge is 2.37. The Morgan fingerprint density at radius 2 is 2.07 bits per heavy atom. The molecule has 1 saturated carbocycles. The molecular weight excluding hydrogens is 388 g/mol. The van der Waals surface area contributed by atoms with Gasteiger partial charge in [0.2, 0.25) is 0 Å². The van der Waals surface area contributed by atoms with Gasteiger partial charge in [0, 0.05) is 24.5 Å². The van der Waals surface area contributed by atoms with Crippen molar-refractivity contribution in [1.29, 1.82) is 0 Å². The summed E-state index contributed by atoms with van der Waals surface area (Å²) in [5, 5.41) is 21.3. The molecular formula is C19H21ClN2O6. The lowest BCUT2D eigenvalue weighted by atomic mass is 9.81. The predicted molar refractivity (Wildman–Crippen MR) is 100 cm³/mol. The summed E-state index contributed by atoms with van der Waals surface area (Å²) in [6, 6.07) is 7.17. The molecule has 150 valence electrons. The van der Waals surface area contributed by atoms with Crippen LogP contribution in [0.25, 0.3) is 0 Å². The number of nitrogens with one attached hydrogen (secondary N) is 1. The molecule has 0 aromatic heterocycles. The number of aliphatic hydroxyl groups excluding tert-OH is 1. The molecule has 1 heterocycles. The fraction of sp³-hybridized carbons (Fsp3) is 0.421. The molecule has 0 atom stereocenters. The first-order chi connectivity index (χ1) is 13.3. The molecule has 0 bridgehead atoms. The van der Waals surface area contributed by atoms with Gasteiger partial charge in [-0.25, -0.2) is 0 Å². The number of nitrogens with zero attached hydrogens (tertiary/aromatic N) is 1. The summed E-state index contributed by atoms with van der Waals surface area (Å²) in [6.45, 7) is 0.155. The molecule has 0 spiro atoms. The van der Waals surface area contributed by atoms with Gasteiger partial charge in [0.05, 0.1) is 6.10 Å². The molecule has 2 amide bonds. The number of carboxylic acids is 1. The van der Waals surface area contributed by atoms with Gasteiger partial charge in [0.1, 0.15) is 23.6 Å². The van der Waals surface area contributed by atoms with E-state index < -0.39 is 24.3 Å². The molecule has 1 aromatic carbocycles. The first kappa shape index (κ1) is 20.0. The third kappa shape index (κ3) is 4.75. The van der Waals surface area contributed by atoms with Crippen LogP contribution in [-0.4, -0.2) is 58.6 Å². The SMILES string of the molecule is O=C(O)CNC(=O)C1=C(O)CCN(C[C@H]2C[C@H](Oc3cccc(Cl)c3)C2)C1=O. The molecule has 3 N–H and O–H groups in total. The van der Waals surface area contributed by atoms with Crippen LogP contribution in [0.4, 0.5) is 0 Å². The molecule has 3 rings (SSSR count). The average molecular weight is 409 g/mol. The van der Waals surface area contributed by atoms with E-state index in [4.69, 9.17) is 21.4 Å². The van der Waals surface area contributed by atoms with E-state index in [1.807, 2.05) is 12.1 Å². The van der Waals surface area contributed by atoms with Crippen LogP contribution in [0.3, 0.4) is 0 Å². The second-order valence-corrected chi connectivity index (χ2v) is 7.37. The average Bonchev–Trinajstić information content (AvgIpc) is 2.60. The summed E-state index contributed by atoms with van der Waals surface area (Å²) >= 11 is 5.94. The fourth-order valence-corrected chi connectivity index (χ4v) is 3.54. The topological polar surface area (TPSA) is 116 Å². The normalized spacial score (nSPS) is 21.9. The zero-order valence-corrected chi connectivity index (χ0v) is 15.8. The van der Waals surface area contributed by atoms with Crippen molar-refractivity contribution >= 4 is 29.4 Å². The Hall–Kier alpha value is -2.74. The van der Waals surface area contributed by atoms with Crippen molar-refractivity contribution in [2.75, 3.05) is 19.6 Å². The van der Waals surface area contributed by atoms with Crippen molar-refractivity contribution in [1.82, 2.24) is 10.2 Å². The molecule has 2 aliphatic rings. The molecule has 0 radical (unpaired) electrons. The van der Waals surface area contributed by atoms with Crippen LogP contribution in [0.1, 0.15) is 19.3 Å². The number of carbonyl (C=O) groups is 3. The van der Waals surface area contributed by atoms with Crippen molar-refractivity contribution in [2.24, 2.45) is 5.92 Å². The number of hydrogen-bond donors (Lipinski definition) is 3. The van der Waals surface area contributed by atoms with Crippen LogP contribution in [0.15, 0.2) is 35.6 Å². The number of hydrogen-bond acceptors (Lipinski definition) is 5. The summed E-state index contributed by atoms with van der Waals surface area (Å²) in [6.07, 6.45) is 1.75. The third-order valence-electron chi connectivity index (χ3n) is 4.81. The number of carbonyl (C=O) groups excluding carboxylic acids is 2. The molecule has 1 fully saturated rings. The molecule has 1 aromatic rings. The number of benzene rings is 1. The Morgan fingerprint density at radius 3 is 2.75 bits per heavy atom. The lowest BCUT2D eigenvalue weighted by molar-refractivity contribution is -0.139. The van der Waals surface area contributed by atoms with Crippen molar-refractivity contribution in [3.8, 4) is 5.75 Å². The molecule has 0 saturated heterocycles. The van der Waals surface area contributed by atoms with Gasteiger partial charge in [0.15, 0.2) is 0 Å². The minimum absolute atomic E-state index is 0.0469. The monoisotopic (exact) mass is 408 g/mol. The maximum atomic E-state index is 12.6. The number of rotatable bonds is 7. The molecule has 1 aliphatic carbocycles. The minimum Gasteiger partial charge on any atom is -0.511 e. The standard InChI is InChI=1S/C19H21ClN2O6/c20-12-2-1-3-13(8-12)28-14-6-11(7-14)10-22-5-4-15(23)17(19(22)27)18(26)21-9-16(24)25/h1-3,8,11,14,23H,4-7,9-10H2,(H,21,26)(H,24,25)/t11-,14-. The van der Waals surface area contributed by atoms with Gasteiger partial charge >= 0.3 is 5.97 Å². The Balaban J connectivity index is 1.51. The number of aliphatic carboxylic acids is 1. The quantitative estimate of drug-likeness (QED) is 0.592. The van der Waals surface area contributed by atoms with E-state index in [0.29, 0.717) is 23.9 Å². The van der Waals surface area contributed by atoms with Gasteiger partial charge in [-0.2, -0.15) is 0 Å². The lowest BCUT2D eigenvalue weighted by Crippen LogP contribution is -2.48. The van der Waals surface area contributed by atoms with Crippen LogP contribution >= 0.6 is 11.6 Å². The lowest BCUT2D eigenvalue weighted by Gasteiger charge is -2.39. The Morgan fingerprint density at radius 1 is 1.32 bits per heavy atom. The summed E-state index contributed by atoms with van der Waals surface area (Å²) in [5.41, 5.74) is -0.376. The van der Waals surface area contributed by atoms with Gasteiger partial charge in [-0.1, -0.05) is 17.7 Å². The van der Waals surface area contributed by atoms with Gasteiger partial charge in [-0.05, 0) is 37.0 Å². The zero-order chi connectivity index (χ0) is 20.3. The van der Waals surface area contributed by atoms with Crippen molar-refractivity contribution in [3.63, 3.8) is 0 Å². The van der Waals surface area contributed by atoms with Crippen LogP contribution < -0.4 is 10.1 Å². The largest absolute Gasteiger partial charge is 0.511 e. The van der Waals surface area contributed by atoms with E-state index in [9.17, 15) is 19.5 Å². The van der Waals surface area contributed by atoms with Crippen LogP contribution in [0.2, 0.25) is 5.02 Å². The van der Waals surface area contributed by atoms with Crippen LogP contribution in [-0.2, 0) is 14.4 Å². The van der Waals surface area contributed by atoms with E-state index in [-0.39, 0.29) is 29.8 Å². The van der Waals surface area contributed by atoms with Gasteiger partial charge in [-0.3, -0.25) is 14.4 Å². The highest BCUT2D eigenvalue weighted by molar-refractivity contribution is 6.30. The second-order valence-electron chi connectivity index (χ2n) is 6.93. The maximum Gasteiger partial charge on any atom is 0.322 e. The van der Waals surface area contributed by atoms with E-state index in [2.05, 4.69) is 5.32 Å². The highest BCUT2D eigenvalue weighted by Crippen LogP contribution is 2.33. The van der Waals surface area contributed by atoms with E-state index >= 15 is 0 Å². The molecule has 1 aliphatic heterocycles. The number of ether oxygens (including phenoxy) is 1. The molecule has 8 nitrogen and oxygen atoms in total. The summed E-state index contributed by atoms with van der Waals surface area (Å²) in [7, 11) is 0. The number of amides is 2. The van der Waals surface area contributed by atoms with Crippen LogP contribution in [0, 0.1) is 5.92 Å². The molecule has 9 heteroatoms. The summed E-state index contributed by atoms with van der Waals surface area (Å²) in [4.78, 5) is 36.7. The van der Waals surface area contributed by atoms with Gasteiger partial charge in [-0.15, -0.1) is 0 Å². The van der Waals surface area contributed by atoms with Crippen molar-refractivity contribution in [2.45, 2.75) is 25.4 Å². The highest BCUT2D eigenvalue weighted by atomic mass is 35.5. The van der Waals surface area contributed by atoms with E-state index in [1.54, 1.807) is 12.1 Å². The van der Waals surface area contributed by atoms with Gasteiger partial charge in [0.25, 0.3) is 11.8 Å². The fourth-order valence-electron chi connectivity index (χ4n) is 3.36. The Labute approximate surface area is 166 Å². The third-order valence-corrected chi connectivity index (χ3v) is 5.04. The van der Waals surface area contributed by atoms with Crippen LogP contribution in [0.5, 0.6) is 5.75 Å². The van der Waals surface area contributed by atoms with Crippen molar-refractivity contribution < 1.29 is 29.3 Å². The molecule has 28 heavy (non-hydrogen) atoms. The smallest absolute Gasteiger partial charge is 0.322 e. The first-order valence-electron chi connectivity index (χ1n) is 8.97. The second kappa shape index (κ2) is 8.52. The van der Waals surface area contributed by atoms with E-state index in [1.165, 1.54) is 4.90 Å². The van der Waals surface area contributed by atoms with Gasteiger partial charge < -0.3 is 25.2 Å². The Kier molecular flexibility index (Phi) is 6.08. The number of aliphatic hydroxyl groups is 1.